The van der Waals surface area contributed by atoms with Crippen LogP contribution in [0.2, 0.25) is 15.8 Å². The van der Waals surface area contributed by atoms with E-state index in [0.29, 0.717) is 7.25 Å². The molecule has 3 atom stereocenters. The van der Waals surface area contributed by atoms with Crippen LogP contribution in [0.25, 0.3) is 12.2 Å². The predicted octanol–water partition coefficient (Wildman–Crippen LogP) is 6.39. The standard InChI is InChI=1S/2C9H7.C3H7Si.2CH3.Zr/c2*1-2-5-9-7-3-6-8(9)4-1;1-3-4-2;;;/h2*1-7H;3-4H,1H2,2H3;2*1H3;. The summed E-state index contributed by atoms with van der Waals surface area (Å²) in [5.41, 5.74) is 8.36. The van der Waals surface area contributed by atoms with E-state index >= 15 is 0 Å². The molecule has 0 saturated carbocycles. The van der Waals surface area contributed by atoms with E-state index in [-0.39, 0.29) is 0 Å². The van der Waals surface area contributed by atoms with Crippen LogP contribution in [0, 0.1) is 0 Å². The normalized spacial score (nSPS) is 23.6. The summed E-state index contributed by atoms with van der Waals surface area (Å²) in [7, 11) is 0. The van der Waals surface area contributed by atoms with E-state index in [4.69, 9.17) is 0 Å². The molecule has 2 aromatic carbocycles. The molecule has 0 bridgehead atoms. The van der Waals surface area contributed by atoms with Crippen LogP contribution in [0.3, 0.4) is 0 Å². The van der Waals surface area contributed by atoms with Gasteiger partial charge in [0.25, 0.3) is 0 Å². The van der Waals surface area contributed by atoms with Gasteiger partial charge in [-0.1, -0.05) is 0 Å². The van der Waals surface area contributed by atoms with E-state index in [1.807, 2.05) is 0 Å². The first-order valence-electron chi connectivity index (χ1n) is 9.33. The Morgan fingerprint density at radius 2 is 1.28 bits per heavy atom. The summed E-state index contributed by atoms with van der Waals surface area (Å²) in [4.78, 5) is 0. The van der Waals surface area contributed by atoms with Gasteiger partial charge < -0.3 is 0 Å². The topological polar surface area (TPSA) is 0 Å². The van der Waals surface area contributed by atoms with Gasteiger partial charge >= 0.3 is 154 Å². The SMILES string of the molecule is C=C[SiH](C)[Zr]([CH3])([CH3])([CH]1C=Cc2ccccc21)[CH]1C=Cc2ccccc21. The van der Waals surface area contributed by atoms with Crippen molar-refractivity contribution in [2.45, 2.75) is 23.1 Å². The third-order valence-corrected chi connectivity index (χ3v) is 50.2. The van der Waals surface area contributed by atoms with Crippen LogP contribution in [0.5, 0.6) is 0 Å². The zero-order valence-corrected chi connectivity index (χ0v) is 19.1. The van der Waals surface area contributed by atoms with E-state index in [0.717, 1.165) is 0 Å². The van der Waals surface area contributed by atoms with Crippen LogP contribution < -0.4 is 0 Å². The second-order valence-electron chi connectivity index (χ2n) is 8.69. The molecule has 0 amide bonds. The van der Waals surface area contributed by atoms with Gasteiger partial charge in [-0.3, -0.25) is 0 Å². The fraction of sp³-hybridized carbons (Fsp3) is 0.217. The molecule has 2 aromatic rings. The molecule has 2 heteroatoms. The Bertz CT molecular complexity index is 840. The monoisotopic (exact) mass is 421 g/mol. The molecule has 0 radical (unpaired) electrons. The zero-order chi connectivity index (χ0) is 17.7. The predicted molar refractivity (Wildman–Crippen MR) is 111 cm³/mol. The fourth-order valence-corrected chi connectivity index (χ4v) is 34.9. The minimum atomic E-state index is -3.28. The van der Waals surface area contributed by atoms with Crippen molar-refractivity contribution in [3.05, 3.63) is 95.2 Å². The maximum atomic E-state index is 4.29. The second-order valence-corrected chi connectivity index (χ2v) is 44.7. The Balaban J connectivity index is 1.94. The van der Waals surface area contributed by atoms with Crippen molar-refractivity contribution < 1.29 is 17.9 Å². The molecule has 2 aliphatic carbocycles. The Hall–Kier alpha value is -1.24. The van der Waals surface area contributed by atoms with E-state index < -0.39 is 23.9 Å². The minimum absolute atomic E-state index is 0.623. The Morgan fingerprint density at radius 3 is 1.72 bits per heavy atom. The van der Waals surface area contributed by atoms with Gasteiger partial charge in [0.05, 0.1) is 0 Å². The number of hydrogen-bond donors (Lipinski definition) is 0. The van der Waals surface area contributed by atoms with Gasteiger partial charge in [-0.25, -0.2) is 0 Å². The van der Waals surface area contributed by atoms with Gasteiger partial charge in [-0.2, -0.15) is 0 Å². The van der Waals surface area contributed by atoms with Gasteiger partial charge in [0.1, 0.15) is 0 Å². The molecule has 0 heterocycles. The van der Waals surface area contributed by atoms with E-state index in [1.165, 1.54) is 11.1 Å². The molecule has 0 spiro atoms. The number of hydrogen-bond acceptors (Lipinski definition) is 0. The van der Waals surface area contributed by atoms with Gasteiger partial charge in [-0.05, 0) is 0 Å². The van der Waals surface area contributed by atoms with Crippen molar-refractivity contribution >= 4 is 18.1 Å². The van der Waals surface area contributed by atoms with Crippen molar-refractivity contribution in [3.63, 3.8) is 0 Å². The van der Waals surface area contributed by atoms with Crippen LogP contribution in [-0.4, -0.2) is 5.92 Å². The zero-order valence-electron chi connectivity index (χ0n) is 15.4. The molecule has 0 fully saturated rings. The number of rotatable bonds is 4. The quantitative estimate of drug-likeness (QED) is 0.501. The van der Waals surface area contributed by atoms with Gasteiger partial charge in [0.2, 0.25) is 0 Å². The summed E-state index contributed by atoms with van der Waals surface area (Å²) >= 11 is -3.28. The third kappa shape index (κ3) is 2.34. The summed E-state index contributed by atoms with van der Waals surface area (Å²) in [6, 6.07) is 18.1. The van der Waals surface area contributed by atoms with Crippen molar-refractivity contribution in [2.75, 3.05) is 0 Å². The van der Waals surface area contributed by atoms with Crippen molar-refractivity contribution in [3.8, 4) is 0 Å². The number of benzene rings is 2. The van der Waals surface area contributed by atoms with E-state index in [9.17, 15) is 0 Å². The van der Waals surface area contributed by atoms with Crippen LogP contribution in [0.1, 0.15) is 29.5 Å². The average molecular weight is 423 g/mol. The van der Waals surface area contributed by atoms with Gasteiger partial charge in [0, 0.05) is 0 Å². The summed E-state index contributed by atoms with van der Waals surface area (Å²) in [6.07, 6.45) is 9.82. The summed E-state index contributed by atoms with van der Waals surface area (Å²) in [5, 5.41) is 0. The first-order chi connectivity index (χ1) is 12.0. The van der Waals surface area contributed by atoms with Crippen molar-refractivity contribution in [2.24, 2.45) is 0 Å². The second kappa shape index (κ2) is 5.89. The summed E-state index contributed by atoms with van der Waals surface area (Å²) in [5.74, 6) is -1.08. The van der Waals surface area contributed by atoms with Crippen LogP contribution in [0.15, 0.2) is 73.0 Å². The first kappa shape index (κ1) is 17.2. The van der Waals surface area contributed by atoms with Crippen molar-refractivity contribution in [1.29, 1.82) is 0 Å². The van der Waals surface area contributed by atoms with Crippen LogP contribution >= 0.6 is 0 Å². The fourth-order valence-electron chi connectivity index (χ4n) is 5.22. The molecule has 0 N–H and O–H groups in total. The molecule has 0 aliphatic heterocycles. The summed E-state index contributed by atoms with van der Waals surface area (Å²) < 4.78 is 6.71. The third-order valence-electron chi connectivity index (χ3n) is 7.35. The summed E-state index contributed by atoms with van der Waals surface area (Å²) in [6.45, 7) is 6.85. The molecule has 25 heavy (non-hydrogen) atoms. The molecule has 0 saturated heterocycles. The van der Waals surface area contributed by atoms with Crippen LogP contribution in [-0.2, 0) is 17.9 Å². The number of allylic oxidation sites excluding steroid dienone is 2. The van der Waals surface area contributed by atoms with E-state index in [2.05, 4.69) is 101 Å². The Labute approximate surface area is 153 Å². The Kier molecular flexibility index (Phi) is 4.05. The van der Waals surface area contributed by atoms with Crippen molar-refractivity contribution in [1.82, 2.24) is 0 Å². The maximum absolute atomic E-state index is 4.29. The number of fused-ring (bicyclic) bond motifs is 2. The molecule has 3 unspecified atom stereocenters. The molecular weight excluding hydrogens is 396 g/mol. The molecule has 127 valence electrons. The molecular formula is C23H27SiZr. The molecule has 0 aromatic heterocycles. The molecule has 0 nitrogen and oxygen atoms in total. The van der Waals surface area contributed by atoms with Gasteiger partial charge in [-0.15, -0.1) is 0 Å². The first-order valence-corrected chi connectivity index (χ1v) is 23.7. The van der Waals surface area contributed by atoms with Gasteiger partial charge in [0.15, 0.2) is 0 Å². The molecule has 2 aliphatic rings. The average Bonchev–Trinajstić information content (AvgIpc) is 3.26. The molecule has 4 rings (SSSR count). The van der Waals surface area contributed by atoms with Crippen LogP contribution in [0.4, 0.5) is 0 Å². The van der Waals surface area contributed by atoms with E-state index in [1.54, 1.807) is 11.1 Å². The Morgan fingerprint density at radius 1 is 0.840 bits per heavy atom.